The fraction of sp³-hybridized carbons (Fsp3) is 0.150. The van der Waals surface area contributed by atoms with Crippen LogP contribution in [-0.2, 0) is 0 Å². The Labute approximate surface area is 156 Å². The number of aryl methyl sites for hydroxylation is 1. The van der Waals surface area contributed by atoms with Crippen molar-refractivity contribution in [2.24, 2.45) is 0 Å². The molecule has 0 unspecified atom stereocenters. The minimum Gasteiger partial charge on any atom is -0.370 e. The van der Waals surface area contributed by atoms with Gasteiger partial charge in [0, 0.05) is 29.5 Å². The molecule has 0 aliphatic carbocycles. The summed E-state index contributed by atoms with van der Waals surface area (Å²) >= 11 is 0. The summed E-state index contributed by atoms with van der Waals surface area (Å²) in [7, 11) is 0. The molecule has 0 aliphatic heterocycles. The Morgan fingerprint density at radius 1 is 0.963 bits per heavy atom. The molecular formula is C20H20FN5O. The lowest BCUT2D eigenvalue weighted by molar-refractivity contribution is 0.102. The first-order valence-corrected chi connectivity index (χ1v) is 8.57. The van der Waals surface area contributed by atoms with Crippen molar-refractivity contribution in [2.45, 2.75) is 13.8 Å². The van der Waals surface area contributed by atoms with Gasteiger partial charge < -0.3 is 16.0 Å². The standard InChI is InChI=1S/C20H20FN5O/c1-3-22-18-12-19(24-13(2)23-18)25-16-8-10-17(11-9-16)26-20(27)14-4-6-15(21)7-5-14/h4-12H,3H2,1-2H3,(H,26,27)(H2,22,23,24,25). The fourth-order valence-corrected chi connectivity index (χ4v) is 2.49. The molecule has 27 heavy (non-hydrogen) atoms. The highest BCUT2D eigenvalue weighted by molar-refractivity contribution is 6.04. The van der Waals surface area contributed by atoms with Crippen LogP contribution in [0.3, 0.4) is 0 Å². The number of aromatic nitrogens is 2. The Kier molecular flexibility index (Phi) is 5.61. The van der Waals surface area contributed by atoms with Crippen molar-refractivity contribution < 1.29 is 9.18 Å². The van der Waals surface area contributed by atoms with Crippen molar-refractivity contribution in [1.29, 1.82) is 0 Å². The molecule has 3 N–H and O–H groups in total. The Balaban J connectivity index is 1.67. The SMILES string of the molecule is CCNc1cc(Nc2ccc(NC(=O)c3ccc(F)cc3)cc2)nc(C)n1. The van der Waals surface area contributed by atoms with E-state index in [4.69, 9.17) is 0 Å². The molecule has 2 aromatic carbocycles. The zero-order valence-electron chi connectivity index (χ0n) is 15.1. The second kappa shape index (κ2) is 8.27. The van der Waals surface area contributed by atoms with Crippen molar-refractivity contribution in [3.63, 3.8) is 0 Å². The minimum atomic E-state index is -0.376. The van der Waals surface area contributed by atoms with Crippen LogP contribution in [0.4, 0.5) is 27.4 Å². The molecule has 138 valence electrons. The van der Waals surface area contributed by atoms with E-state index in [-0.39, 0.29) is 11.7 Å². The van der Waals surface area contributed by atoms with E-state index in [1.807, 2.05) is 32.0 Å². The normalized spacial score (nSPS) is 10.3. The average Bonchev–Trinajstić information content (AvgIpc) is 2.64. The highest BCUT2D eigenvalue weighted by Crippen LogP contribution is 2.20. The van der Waals surface area contributed by atoms with Crippen LogP contribution < -0.4 is 16.0 Å². The van der Waals surface area contributed by atoms with Gasteiger partial charge in [-0.05, 0) is 62.4 Å². The van der Waals surface area contributed by atoms with Crippen molar-refractivity contribution in [1.82, 2.24) is 9.97 Å². The predicted molar refractivity (Wildman–Crippen MR) is 105 cm³/mol. The van der Waals surface area contributed by atoms with Crippen LogP contribution in [-0.4, -0.2) is 22.4 Å². The number of halogens is 1. The maximum absolute atomic E-state index is 12.9. The molecule has 1 heterocycles. The van der Waals surface area contributed by atoms with E-state index < -0.39 is 0 Å². The predicted octanol–water partition coefficient (Wildman–Crippen LogP) is 4.35. The zero-order chi connectivity index (χ0) is 19.2. The molecule has 0 fully saturated rings. The van der Waals surface area contributed by atoms with E-state index in [0.717, 1.165) is 18.1 Å². The number of anilines is 4. The molecule has 0 saturated heterocycles. The number of hydrogen-bond donors (Lipinski definition) is 3. The second-order valence-corrected chi connectivity index (χ2v) is 5.88. The van der Waals surface area contributed by atoms with Crippen molar-refractivity contribution in [2.75, 3.05) is 22.5 Å². The fourth-order valence-electron chi connectivity index (χ4n) is 2.49. The first-order valence-electron chi connectivity index (χ1n) is 8.57. The van der Waals surface area contributed by atoms with Crippen LogP contribution in [0.1, 0.15) is 23.1 Å². The summed E-state index contributed by atoms with van der Waals surface area (Å²) in [5.41, 5.74) is 1.86. The molecule has 1 aromatic heterocycles. The van der Waals surface area contributed by atoms with Gasteiger partial charge in [-0.1, -0.05) is 0 Å². The Morgan fingerprint density at radius 3 is 2.26 bits per heavy atom. The van der Waals surface area contributed by atoms with Crippen molar-refractivity contribution in [3.8, 4) is 0 Å². The molecular weight excluding hydrogens is 345 g/mol. The summed E-state index contributed by atoms with van der Waals surface area (Å²) in [4.78, 5) is 20.8. The Bertz CT molecular complexity index is 926. The third kappa shape index (κ3) is 5.01. The van der Waals surface area contributed by atoms with E-state index in [9.17, 15) is 9.18 Å². The van der Waals surface area contributed by atoms with Crippen molar-refractivity contribution in [3.05, 3.63) is 71.8 Å². The molecule has 1 amide bonds. The number of nitrogens with one attached hydrogen (secondary N) is 3. The topological polar surface area (TPSA) is 78.9 Å². The summed E-state index contributed by atoms with van der Waals surface area (Å²) in [5.74, 6) is 1.44. The van der Waals surface area contributed by atoms with Gasteiger partial charge in [0.1, 0.15) is 23.3 Å². The number of hydrogen-bond acceptors (Lipinski definition) is 5. The summed E-state index contributed by atoms with van der Waals surface area (Å²) in [6.07, 6.45) is 0. The Hall–Kier alpha value is -3.48. The lowest BCUT2D eigenvalue weighted by Crippen LogP contribution is -2.11. The molecule has 0 aliphatic rings. The number of amides is 1. The molecule has 0 radical (unpaired) electrons. The van der Waals surface area contributed by atoms with Gasteiger partial charge in [0.05, 0.1) is 0 Å². The first-order chi connectivity index (χ1) is 13.0. The quantitative estimate of drug-likeness (QED) is 0.605. The van der Waals surface area contributed by atoms with Crippen LogP contribution >= 0.6 is 0 Å². The molecule has 3 aromatic rings. The number of nitrogens with zero attached hydrogens (tertiary/aromatic N) is 2. The van der Waals surface area contributed by atoms with E-state index in [1.54, 1.807) is 12.1 Å². The summed E-state index contributed by atoms with van der Waals surface area (Å²) in [6.45, 7) is 4.61. The summed E-state index contributed by atoms with van der Waals surface area (Å²) in [6, 6.07) is 14.5. The smallest absolute Gasteiger partial charge is 0.255 e. The largest absolute Gasteiger partial charge is 0.370 e. The maximum atomic E-state index is 12.9. The monoisotopic (exact) mass is 365 g/mol. The van der Waals surface area contributed by atoms with Crippen molar-refractivity contribution >= 4 is 28.9 Å². The molecule has 0 atom stereocenters. The third-order valence-electron chi connectivity index (χ3n) is 3.72. The van der Waals surface area contributed by atoms with Gasteiger partial charge in [0.2, 0.25) is 0 Å². The lowest BCUT2D eigenvalue weighted by Gasteiger charge is -2.10. The van der Waals surface area contributed by atoms with Gasteiger partial charge in [-0.15, -0.1) is 0 Å². The van der Waals surface area contributed by atoms with Crippen LogP contribution in [0.2, 0.25) is 0 Å². The van der Waals surface area contributed by atoms with Crippen LogP contribution in [0.15, 0.2) is 54.6 Å². The van der Waals surface area contributed by atoms with Gasteiger partial charge in [0.15, 0.2) is 0 Å². The molecule has 0 spiro atoms. The van der Waals surface area contributed by atoms with Crippen LogP contribution in [0.25, 0.3) is 0 Å². The molecule has 0 bridgehead atoms. The van der Waals surface area contributed by atoms with E-state index in [1.165, 1.54) is 24.3 Å². The van der Waals surface area contributed by atoms with Gasteiger partial charge >= 0.3 is 0 Å². The zero-order valence-corrected chi connectivity index (χ0v) is 15.1. The van der Waals surface area contributed by atoms with Crippen LogP contribution in [0.5, 0.6) is 0 Å². The molecule has 6 nitrogen and oxygen atoms in total. The second-order valence-electron chi connectivity index (χ2n) is 5.88. The number of benzene rings is 2. The molecule has 7 heteroatoms. The number of rotatable bonds is 6. The van der Waals surface area contributed by atoms with Gasteiger partial charge in [-0.3, -0.25) is 4.79 Å². The van der Waals surface area contributed by atoms with Gasteiger partial charge in [0.25, 0.3) is 5.91 Å². The van der Waals surface area contributed by atoms with E-state index in [0.29, 0.717) is 22.9 Å². The van der Waals surface area contributed by atoms with Gasteiger partial charge in [-0.25, -0.2) is 14.4 Å². The Morgan fingerprint density at radius 2 is 1.59 bits per heavy atom. The highest BCUT2D eigenvalue weighted by Gasteiger charge is 2.07. The third-order valence-corrected chi connectivity index (χ3v) is 3.72. The van der Waals surface area contributed by atoms with Crippen LogP contribution in [0, 0.1) is 12.7 Å². The average molecular weight is 365 g/mol. The number of carbonyl (C=O) groups is 1. The highest BCUT2D eigenvalue weighted by atomic mass is 19.1. The molecule has 0 saturated carbocycles. The summed E-state index contributed by atoms with van der Waals surface area (Å²) in [5, 5.41) is 9.16. The van der Waals surface area contributed by atoms with E-state index in [2.05, 4.69) is 25.9 Å². The summed E-state index contributed by atoms with van der Waals surface area (Å²) < 4.78 is 12.9. The maximum Gasteiger partial charge on any atom is 0.255 e. The molecule has 3 rings (SSSR count). The van der Waals surface area contributed by atoms with E-state index >= 15 is 0 Å². The number of carbonyl (C=O) groups excluding carboxylic acids is 1. The lowest BCUT2D eigenvalue weighted by atomic mass is 10.2. The minimum absolute atomic E-state index is 0.294. The van der Waals surface area contributed by atoms with Gasteiger partial charge in [-0.2, -0.15) is 0 Å². The first kappa shape index (κ1) is 18.3.